The van der Waals surface area contributed by atoms with Crippen LogP contribution in [0.3, 0.4) is 0 Å². The zero-order chi connectivity index (χ0) is 20.8. The number of nitrogens with one attached hydrogen (secondary N) is 1. The van der Waals surface area contributed by atoms with E-state index >= 15 is 0 Å². The van der Waals surface area contributed by atoms with Crippen LogP contribution in [0.2, 0.25) is 0 Å². The summed E-state index contributed by atoms with van der Waals surface area (Å²) in [6.45, 7) is 2.01. The number of nitrogens with zero attached hydrogens (tertiary/aromatic N) is 2. The summed E-state index contributed by atoms with van der Waals surface area (Å²) >= 11 is 1.22. The van der Waals surface area contributed by atoms with Gasteiger partial charge in [0.1, 0.15) is 5.25 Å². The minimum atomic E-state index is -0.567. The minimum Gasteiger partial charge on any atom is -0.462 e. The molecule has 0 aliphatic carbocycles. The van der Waals surface area contributed by atoms with Gasteiger partial charge in [0.05, 0.1) is 17.9 Å². The molecule has 2 aromatic rings. The molecule has 2 amide bonds. The van der Waals surface area contributed by atoms with Crippen LogP contribution in [0, 0.1) is 0 Å². The van der Waals surface area contributed by atoms with Crippen LogP contribution in [-0.4, -0.2) is 41.9 Å². The van der Waals surface area contributed by atoms with E-state index in [0.717, 1.165) is 10.6 Å². The largest absolute Gasteiger partial charge is 0.462 e. The highest BCUT2D eigenvalue weighted by molar-refractivity contribution is 8.15. The first-order chi connectivity index (χ1) is 14.0. The molecule has 1 saturated heterocycles. The number of amidine groups is 1. The van der Waals surface area contributed by atoms with Crippen LogP contribution in [0.5, 0.6) is 0 Å². The summed E-state index contributed by atoms with van der Waals surface area (Å²) in [5, 5.41) is 3.15. The first-order valence-corrected chi connectivity index (χ1v) is 10.0. The molecular weight excluding hydrogens is 390 g/mol. The second-order valence-corrected chi connectivity index (χ2v) is 7.36. The van der Waals surface area contributed by atoms with E-state index in [9.17, 15) is 14.4 Å². The van der Waals surface area contributed by atoms with E-state index in [1.165, 1.54) is 11.8 Å². The zero-order valence-electron chi connectivity index (χ0n) is 16.1. The lowest BCUT2D eigenvalue weighted by molar-refractivity contribution is -0.121. The van der Waals surface area contributed by atoms with Crippen LogP contribution in [0.15, 0.2) is 59.6 Å². The highest BCUT2D eigenvalue weighted by Gasteiger charge is 2.40. The molecule has 1 heterocycles. The number of esters is 1. The first kappa shape index (κ1) is 20.6. The van der Waals surface area contributed by atoms with Gasteiger partial charge in [-0.05, 0) is 43.3 Å². The van der Waals surface area contributed by atoms with Gasteiger partial charge in [0.25, 0.3) is 0 Å². The third-order valence-corrected chi connectivity index (χ3v) is 5.38. The monoisotopic (exact) mass is 411 g/mol. The topological polar surface area (TPSA) is 88.1 Å². The quantitative estimate of drug-likeness (QED) is 0.351. The van der Waals surface area contributed by atoms with Crippen molar-refractivity contribution in [2.75, 3.05) is 23.9 Å². The molecule has 150 valence electrons. The molecular formula is C21H21N3O4S. The van der Waals surface area contributed by atoms with E-state index in [1.807, 2.05) is 30.3 Å². The smallest absolute Gasteiger partial charge is 0.338 e. The van der Waals surface area contributed by atoms with Crippen molar-refractivity contribution in [2.24, 2.45) is 4.99 Å². The number of aliphatic imine (C=N–C) groups is 1. The van der Waals surface area contributed by atoms with Crippen LogP contribution in [-0.2, 0) is 14.3 Å². The number of thioether (sulfide) groups is 1. The molecule has 0 bridgehead atoms. The van der Waals surface area contributed by atoms with Crippen molar-refractivity contribution in [2.45, 2.75) is 18.6 Å². The fourth-order valence-electron chi connectivity index (χ4n) is 2.85. The van der Waals surface area contributed by atoms with E-state index in [1.54, 1.807) is 38.2 Å². The Hall–Kier alpha value is -3.13. The molecule has 1 aliphatic rings. The molecule has 8 heteroatoms. The summed E-state index contributed by atoms with van der Waals surface area (Å²) in [5.41, 5.74) is 1.65. The Morgan fingerprint density at radius 3 is 2.48 bits per heavy atom. The molecule has 1 aliphatic heterocycles. The number of amides is 2. The van der Waals surface area contributed by atoms with Crippen molar-refractivity contribution >= 4 is 46.1 Å². The fourth-order valence-corrected chi connectivity index (χ4v) is 3.83. The van der Waals surface area contributed by atoms with Gasteiger partial charge in [-0.3, -0.25) is 14.6 Å². The standard InChI is InChI=1S/C21H21N3O4S/c1-3-28-20(27)14-9-11-16(12-10-14)24-18(25)13-17(19(24)26)29-21(22-2)23-15-7-5-4-6-8-15/h4-12,17H,3,13H2,1-2H3,(H,22,23). The van der Waals surface area contributed by atoms with E-state index in [2.05, 4.69) is 10.3 Å². The van der Waals surface area contributed by atoms with Crippen molar-refractivity contribution in [3.8, 4) is 0 Å². The van der Waals surface area contributed by atoms with Crippen LogP contribution in [0.1, 0.15) is 23.7 Å². The van der Waals surface area contributed by atoms with Gasteiger partial charge >= 0.3 is 5.97 Å². The zero-order valence-corrected chi connectivity index (χ0v) is 16.9. The third kappa shape index (κ3) is 4.83. The van der Waals surface area contributed by atoms with Crippen molar-refractivity contribution in [3.63, 3.8) is 0 Å². The number of hydrogen-bond donors (Lipinski definition) is 1. The summed E-state index contributed by atoms with van der Waals surface area (Å²) in [7, 11) is 1.63. The van der Waals surface area contributed by atoms with E-state index in [4.69, 9.17) is 4.74 Å². The Labute approximate surface area is 173 Å². The Morgan fingerprint density at radius 2 is 1.86 bits per heavy atom. The molecule has 1 fully saturated rings. The maximum absolute atomic E-state index is 12.9. The highest BCUT2D eigenvalue weighted by atomic mass is 32.2. The molecule has 29 heavy (non-hydrogen) atoms. The SMILES string of the molecule is CCOC(=O)c1ccc(N2C(=O)CC(SC(=NC)Nc3ccccc3)C2=O)cc1. The lowest BCUT2D eigenvalue weighted by atomic mass is 10.2. The molecule has 0 aromatic heterocycles. The number of benzene rings is 2. The normalized spacial score (nSPS) is 16.8. The van der Waals surface area contributed by atoms with Gasteiger partial charge in [0.15, 0.2) is 5.17 Å². The molecule has 0 radical (unpaired) electrons. The number of ether oxygens (including phenoxy) is 1. The number of carbonyl (C=O) groups is 3. The summed E-state index contributed by atoms with van der Waals surface area (Å²) < 4.78 is 4.95. The van der Waals surface area contributed by atoms with Crippen molar-refractivity contribution in [1.29, 1.82) is 0 Å². The Balaban J connectivity index is 1.70. The predicted octanol–water partition coefficient (Wildman–Crippen LogP) is 3.33. The Kier molecular flexibility index (Phi) is 6.66. The molecule has 3 rings (SSSR count). The summed E-state index contributed by atoms with van der Waals surface area (Å²) in [6, 6.07) is 15.7. The molecule has 7 nitrogen and oxygen atoms in total. The number of para-hydroxylation sites is 1. The van der Waals surface area contributed by atoms with Crippen LogP contribution < -0.4 is 10.2 Å². The number of hydrogen-bond acceptors (Lipinski definition) is 6. The van der Waals surface area contributed by atoms with E-state index in [0.29, 0.717) is 16.4 Å². The lowest BCUT2D eigenvalue weighted by Crippen LogP contribution is -2.31. The van der Waals surface area contributed by atoms with Crippen molar-refractivity contribution < 1.29 is 19.1 Å². The molecule has 1 atom stereocenters. The average molecular weight is 411 g/mol. The highest BCUT2D eigenvalue weighted by Crippen LogP contribution is 2.31. The van der Waals surface area contributed by atoms with Gasteiger partial charge in [0.2, 0.25) is 11.8 Å². The number of anilines is 2. The fraction of sp³-hybridized carbons (Fsp3) is 0.238. The van der Waals surface area contributed by atoms with Gasteiger partial charge in [-0.25, -0.2) is 9.69 Å². The number of carbonyl (C=O) groups excluding carboxylic acids is 3. The summed E-state index contributed by atoms with van der Waals surface area (Å²) in [4.78, 5) is 42.4. The number of rotatable bonds is 5. The minimum absolute atomic E-state index is 0.0820. The van der Waals surface area contributed by atoms with Gasteiger partial charge in [-0.1, -0.05) is 30.0 Å². The summed E-state index contributed by atoms with van der Waals surface area (Å²) in [5.74, 6) is -1.03. The molecule has 2 aromatic carbocycles. The van der Waals surface area contributed by atoms with Crippen LogP contribution >= 0.6 is 11.8 Å². The van der Waals surface area contributed by atoms with E-state index < -0.39 is 11.2 Å². The Morgan fingerprint density at radius 1 is 1.17 bits per heavy atom. The van der Waals surface area contributed by atoms with Gasteiger partial charge in [-0.15, -0.1) is 0 Å². The van der Waals surface area contributed by atoms with Crippen molar-refractivity contribution in [3.05, 3.63) is 60.2 Å². The maximum atomic E-state index is 12.9. The van der Waals surface area contributed by atoms with Gasteiger partial charge in [-0.2, -0.15) is 0 Å². The molecule has 1 unspecified atom stereocenters. The molecule has 0 spiro atoms. The van der Waals surface area contributed by atoms with Gasteiger partial charge < -0.3 is 10.1 Å². The van der Waals surface area contributed by atoms with Gasteiger partial charge in [0, 0.05) is 19.2 Å². The van der Waals surface area contributed by atoms with E-state index in [-0.39, 0.29) is 24.8 Å². The van der Waals surface area contributed by atoms with Crippen molar-refractivity contribution in [1.82, 2.24) is 0 Å². The lowest BCUT2D eigenvalue weighted by Gasteiger charge is -2.16. The Bertz CT molecular complexity index is 929. The van der Waals surface area contributed by atoms with Crippen LogP contribution in [0.25, 0.3) is 0 Å². The second-order valence-electron chi connectivity index (χ2n) is 6.17. The average Bonchev–Trinajstić information content (AvgIpc) is 3.01. The number of imide groups is 1. The molecule has 1 N–H and O–H groups in total. The third-order valence-electron chi connectivity index (χ3n) is 4.22. The predicted molar refractivity (Wildman–Crippen MR) is 114 cm³/mol. The first-order valence-electron chi connectivity index (χ1n) is 9.13. The van der Waals surface area contributed by atoms with Crippen LogP contribution in [0.4, 0.5) is 11.4 Å². The maximum Gasteiger partial charge on any atom is 0.338 e. The second kappa shape index (κ2) is 9.38. The summed E-state index contributed by atoms with van der Waals surface area (Å²) in [6.07, 6.45) is 0.0820. The molecule has 0 saturated carbocycles.